The summed E-state index contributed by atoms with van der Waals surface area (Å²) < 4.78 is 13.1. The molecule has 1 heterocycles. The Morgan fingerprint density at radius 1 is 1.14 bits per heavy atom. The van der Waals surface area contributed by atoms with Crippen molar-refractivity contribution >= 4 is 23.5 Å². The minimum absolute atomic E-state index is 0.118. The van der Waals surface area contributed by atoms with Gasteiger partial charge in [0.25, 0.3) is 5.91 Å². The van der Waals surface area contributed by atoms with Crippen LogP contribution in [0.15, 0.2) is 48.5 Å². The van der Waals surface area contributed by atoms with Gasteiger partial charge in [0.1, 0.15) is 5.82 Å². The van der Waals surface area contributed by atoms with Crippen LogP contribution in [0.25, 0.3) is 0 Å². The van der Waals surface area contributed by atoms with Crippen LogP contribution in [0.1, 0.15) is 28.8 Å². The summed E-state index contributed by atoms with van der Waals surface area (Å²) in [6.07, 6.45) is 1.24. The van der Waals surface area contributed by atoms with E-state index in [1.807, 2.05) is 0 Å². The van der Waals surface area contributed by atoms with Gasteiger partial charge in [-0.05, 0) is 54.8 Å². The third-order valence-electron chi connectivity index (χ3n) is 4.72. The van der Waals surface area contributed by atoms with Crippen LogP contribution in [0.5, 0.6) is 0 Å². The minimum Gasteiger partial charge on any atom is -0.481 e. The first-order chi connectivity index (χ1) is 13.4. The summed E-state index contributed by atoms with van der Waals surface area (Å²) >= 11 is 0. The highest BCUT2D eigenvalue weighted by atomic mass is 19.1. The molecule has 3 rings (SSSR count). The number of rotatable bonds is 5. The summed E-state index contributed by atoms with van der Waals surface area (Å²) in [6, 6.07) is 12.1. The summed E-state index contributed by atoms with van der Waals surface area (Å²) in [6.45, 7) is 0.838. The second-order valence-electron chi connectivity index (χ2n) is 6.86. The lowest BCUT2D eigenvalue weighted by atomic mass is 9.96. The van der Waals surface area contributed by atoms with Crippen molar-refractivity contribution < 1.29 is 23.9 Å². The smallest absolute Gasteiger partial charge is 0.307 e. The molecule has 0 spiro atoms. The van der Waals surface area contributed by atoms with E-state index in [1.165, 1.54) is 24.3 Å². The van der Waals surface area contributed by atoms with Gasteiger partial charge in [0.15, 0.2) is 0 Å². The number of likely N-dealkylation sites (tertiary alicyclic amines) is 1. The number of piperidine rings is 1. The molecule has 1 aliphatic rings. The molecule has 0 aromatic heterocycles. The molecular formula is C21H21FN2O4. The van der Waals surface area contributed by atoms with Gasteiger partial charge in [0.2, 0.25) is 5.91 Å². The molecule has 2 N–H and O–H groups in total. The molecule has 2 aromatic carbocycles. The molecule has 0 aliphatic carbocycles. The van der Waals surface area contributed by atoms with Crippen molar-refractivity contribution in [3.8, 4) is 0 Å². The number of hydrogen-bond acceptors (Lipinski definition) is 3. The average molecular weight is 384 g/mol. The van der Waals surface area contributed by atoms with E-state index in [2.05, 4.69) is 5.32 Å². The summed E-state index contributed by atoms with van der Waals surface area (Å²) in [7, 11) is 0. The average Bonchev–Trinajstić information content (AvgIpc) is 2.68. The van der Waals surface area contributed by atoms with E-state index < -0.39 is 11.8 Å². The first-order valence-corrected chi connectivity index (χ1v) is 9.09. The molecule has 0 radical (unpaired) electrons. The zero-order chi connectivity index (χ0) is 20.1. The summed E-state index contributed by atoms with van der Waals surface area (Å²) in [4.78, 5) is 37.7. The first-order valence-electron chi connectivity index (χ1n) is 9.09. The summed E-state index contributed by atoms with van der Waals surface area (Å²) in [5.41, 5.74) is 1.52. The molecule has 0 saturated carbocycles. The molecule has 0 bridgehead atoms. The molecule has 2 amide bonds. The number of hydrogen-bond donors (Lipinski definition) is 2. The second kappa shape index (κ2) is 8.65. The zero-order valence-corrected chi connectivity index (χ0v) is 15.2. The van der Waals surface area contributed by atoms with Crippen LogP contribution in [-0.2, 0) is 16.0 Å². The van der Waals surface area contributed by atoms with Gasteiger partial charge in [-0.2, -0.15) is 0 Å². The molecule has 2 aromatic rings. The number of carboxylic acid groups (broad SMARTS) is 1. The normalized spacial score (nSPS) is 16.5. The molecule has 1 aliphatic heterocycles. The first kappa shape index (κ1) is 19.5. The third-order valence-corrected chi connectivity index (χ3v) is 4.72. The Balaban J connectivity index is 1.63. The highest BCUT2D eigenvalue weighted by Crippen LogP contribution is 2.21. The van der Waals surface area contributed by atoms with Gasteiger partial charge in [-0.3, -0.25) is 14.4 Å². The lowest BCUT2D eigenvalue weighted by Gasteiger charge is -2.32. The Kier molecular flexibility index (Phi) is 6.03. The van der Waals surface area contributed by atoms with Crippen LogP contribution in [0, 0.1) is 11.7 Å². The maximum absolute atomic E-state index is 13.1. The maximum Gasteiger partial charge on any atom is 0.307 e. The van der Waals surface area contributed by atoms with Gasteiger partial charge in [-0.1, -0.05) is 12.1 Å². The molecule has 1 unspecified atom stereocenters. The summed E-state index contributed by atoms with van der Waals surface area (Å²) in [5, 5.41) is 11.7. The molecule has 1 atom stereocenters. The maximum atomic E-state index is 13.1. The van der Waals surface area contributed by atoms with E-state index in [9.17, 15) is 18.8 Å². The Bertz CT molecular complexity index is 882. The number of nitrogens with zero attached hydrogens (tertiary/aromatic N) is 1. The van der Waals surface area contributed by atoms with Crippen LogP contribution in [0.2, 0.25) is 0 Å². The number of nitrogens with one attached hydrogen (secondary N) is 1. The van der Waals surface area contributed by atoms with Crippen LogP contribution in [0.4, 0.5) is 10.1 Å². The Morgan fingerprint density at radius 3 is 2.61 bits per heavy atom. The number of carbonyl (C=O) groups excluding carboxylic acids is 2. The van der Waals surface area contributed by atoms with E-state index in [-0.39, 0.29) is 30.7 Å². The molecule has 1 fully saturated rings. The largest absolute Gasteiger partial charge is 0.481 e. The van der Waals surface area contributed by atoms with Crippen LogP contribution >= 0.6 is 0 Å². The third kappa shape index (κ3) is 4.94. The van der Waals surface area contributed by atoms with Gasteiger partial charge in [0, 0.05) is 24.3 Å². The molecular weight excluding hydrogens is 363 g/mol. The molecule has 6 nitrogen and oxygen atoms in total. The van der Waals surface area contributed by atoms with Crippen molar-refractivity contribution in [3.05, 3.63) is 65.5 Å². The van der Waals surface area contributed by atoms with Crippen molar-refractivity contribution in [3.63, 3.8) is 0 Å². The topological polar surface area (TPSA) is 86.7 Å². The molecule has 7 heteroatoms. The van der Waals surface area contributed by atoms with E-state index in [1.54, 1.807) is 29.2 Å². The number of anilines is 1. The van der Waals surface area contributed by atoms with Gasteiger partial charge in [-0.15, -0.1) is 0 Å². The van der Waals surface area contributed by atoms with Crippen molar-refractivity contribution in [2.24, 2.45) is 5.92 Å². The van der Waals surface area contributed by atoms with Crippen molar-refractivity contribution in [2.75, 3.05) is 18.4 Å². The fourth-order valence-electron chi connectivity index (χ4n) is 3.33. The number of carbonyl (C=O) groups is 3. The lowest BCUT2D eigenvalue weighted by Crippen LogP contribution is -2.43. The predicted molar refractivity (Wildman–Crippen MR) is 101 cm³/mol. The van der Waals surface area contributed by atoms with Crippen molar-refractivity contribution in [2.45, 2.75) is 19.3 Å². The fraction of sp³-hybridized carbons (Fsp3) is 0.286. The Morgan fingerprint density at radius 2 is 1.89 bits per heavy atom. The molecule has 1 saturated heterocycles. The van der Waals surface area contributed by atoms with Crippen molar-refractivity contribution in [1.82, 2.24) is 4.90 Å². The number of carboxylic acids is 1. The molecule has 28 heavy (non-hydrogen) atoms. The monoisotopic (exact) mass is 384 g/mol. The van der Waals surface area contributed by atoms with Gasteiger partial charge >= 0.3 is 5.97 Å². The van der Waals surface area contributed by atoms with Gasteiger partial charge in [0.05, 0.1) is 12.3 Å². The second-order valence-corrected chi connectivity index (χ2v) is 6.86. The van der Waals surface area contributed by atoms with Gasteiger partial charge < -0.3 is 15.3 Å². The highest BCUT2D eigenvalue weighted by Gasteiger charge is 2.29. The van der Waals surface area contributed by atoms with Crippen LogP contribution < -0.4 is 5.32 Å². The lowest BCUT2D eigenvalue weighted by molar-refractivity contribution is -0.136. The number of benzene rings is 2. The van der Waals surface area contributed by atoms with Gasteiger partial charge in [-0.25, -0.2) is 4.39 Å². The minimum atomic E-state index is -0.939. The van der Waals surface area contributed by atoms with E-state index in [4.69, 9.17) is 5.11 Å². The fourth-order valence-corrected chi connectivity index (χ4v) is 3.33. The number of aliphatic carboxylic acids is 1. The van der Waals surface area contributed by atoms with Crippen molar-refractivity contribution in [1.29, 1.82) is 0 Å². The Hall–Kier alpha value is -3.22. The van der Waals surface area contributed by atoms with Crippen LogP contribution in [0.3, 0.4) is 0 Å². The zero-order valence-electron chi connectivity index (χ0n) is 15.2. The quantitative estimate of drug-likeness (QED) is 0.830. The van der Waals surface area contributed by atoms with Crippen LogP contribution in [-0.4, -0.2) is 40.9 Å². The Labute approximate surface area is 162 Å². The van der Waals surface area contributed by atoms with E-state index in [0.29, 0.717) is 36.2 Å². The highest BCUT2D eigenvalue weighted by molar-refractivity contribution is 5.96. The van der Waals surface area contributed by atoms with E-state index in [0.717, 1.165) is 0 Å². The number of halogens is 1. The summed E-state index contributed by atoms with van der Waals surface area (Å²) in [5.74, 6) is -2.13. The van der Waals surface area contributed by atoms with E-state index >= 15 is 0 Å². The predicted octanol–water partition coefficient (Wildman–Crippen LogP) is 2.94. The SMILES string of the molecule is O=C(O)Cc1cccc(NC(=O)C2CCCN(C(=O)c3ccc(F)cc3)C2)c1. The molecule has 146 valence electrons. The standard InChI is InChI=1S/C21H21FN2O4/c22-17-8-6-15(7-9-17)21(28)24-10-2-4-16(13-24)20(27)23-18-5-1-3-14(11-18)12-19(25)26/h1,3,5-9,11,16H,2,4,10,12-13H2,(H,23,27)(H,25,26). The number of amides is 2.